The van der Waals surface area contributed by atoms with Gasteiger partial charge in [0.25, 0.3) is 0 Å². The number of benzene rings is 1. The van der Waals surface area contributed by atoms with Crippen molar-refractivity contribution in [3.8, 4) is 0 Å². The Hall–Kier alpha value is -2.50. The molecule has 1 aromatic carbocycles. The van der Waals surface area contributed by atoms with Gasteiger partial charge in [-0.1, -0.05) is 13.8 Å². The van der Waals surface area contributed by atoms with Gasteiger partial charge in [-0.2, -0.15) is 0 Å². The molecule has 1 rings (SSSR count). The van der Waals surface area contributed by atoms with Gasteiger partial charge in [0, 0.05) is 11.4 Å². The van der Waals surface area contributed by atoms with Crippen molar-refractivity contribution in [3.63, 3.8) is 0 Å². The van der Waals surface area contributed by atoms with Crippen LogP contribution in [0.15, 0.2) is 12.1 Å². The van der Waals surface area contributed by atoms with E-state index in [-0.39, 0.29) is 36.2 Å². The summed E-state index contributed by atoms with van der Waals surface area (Å²) in [6.45, 7) is 6.60. The van der Waals surface area contributed by atoms with E-state index in [0.29, 0.717) is 24.2 Å². The van der Waals surface area contributed by atoms with E-state index in [4.69, 9.17) is 0 Å². The number of hydrogen-bond acceptors (Lipinski definition) is 4. The van der Waals surface area contributed by atoms with E-state index in [1.54, 1.807) is 12.1 Å². The van der Waals surface area contributed by atoms with Crippen LogP contribution in [0.3, 0.4) is 0 Å². The Kier molecular flexibility index (Phi) is 7.30. The lowest BCUT2D eigenvalue weighted by Crippen LogP contribution is -2.18. The SMILES string of the molecule is CCc1cc(NC(=O)CC(C)=O)c(CC)cc1NC(=O)CC(C)=O. The van der Waals surface area contributed by atoms with Crippen LogP contribution < -0.4 is 10.6 Å². The fourth-order valence-electron chi connectivity index (χ4n) is 2.35. The lowest BCUT2D eigenvalue weighted by atomic mass is 10.0. The summed E-state index contributed by atoms with van der Waals surface area (Å²) in [7, 11) is 0. The molecule has 2 N–H and O–H groups in total. The maximum absolute atomic E-state index is 11.8. The minimum absolute atomic E-state index is 0.165. The number of amides is 2. The molecule has 0 bridgehead atoms. The van der Waals surface area contributed by atoms with E-state index >= 15 is 0 Å². The van der Waals surface area contributed by atoms with Crippen LogP contribution in [0.2, 0.25) is 0 Å². The number of aryl methyl sites for hydroxylation is 2. The molecule has 24 heavy (non-hydrogen) atoms. The van der Waals surface area contributed by atoms with Crippen LogP contribution >= 0.6 is 0 Å². The summed E-state index contributed by atoms with van der Waals surface area (Å²) in [5, 5.41) is 5.51. The van der Waals surface area contributed by atoms with Gasteiger partial charge in [-0.05, 0) is 49.9 Å². The van der Waals surface area contributed by atoms with Crippen LogP contribution in [0.5, 0.6) is 0 Å². The standard InChI is InChI=1S/C18H24N2O4/c1-5-13-9-16(20-18(24)8-12(4)22)14(6-2)10-15(13)19-17(23)7-11(3)21/h9-10H,5-8H2,1-4H3,(H,19,23)(H,20,24). The summed E-state index contributed by atoms with van der Waals surface area (Å²) in [5.41, 5.74) is 2.99. The first-order valence-electron chi connectivity index (χ1n) is 8.01. The first-order valence-corrected chi connectivity index (χ1v) is 8.01. The average Bonchev–Trinajstić information content (AvgIpc) is 2.46. The van der Waals surface area contributed by atoms with Gasteiger partial charge in [-0.3, -0.25) is 19.2 Å². The summed E-state index contributed by atoms with van der Waals surface area (Å²) in [4.78, 5) is 45.8. The molecule has 0 aliphatic carbocycles. The second kappa shape index (κ2) is 8.96. The zero-order valence-corrected chi connectivity index (χ0v) is 14.6. The molecule has 1 aromatic rings. The Morgan fingerprint density at radius 1 is 0.750 bits per heavy atom. The molecule has 0 aromatic heterocycles. The van der Waals surface area contributed by atoms with E-state index in [1.807, 2.05) is 13.8 Å². The normalized spacial score (nSPS) is 10.2. The monoisotopic (exact) mass is 332 g/mol. The van der Waals surface area contributed by atoms with E-state index in [9.17, 15) is 19.2 Å². The van der Waals surface area contributed by atoms with Crippen molar-refractivity contribution in [3.05, 3.63) is 23.3 Å². The fraction of sp³-hybridized carbons (Fsp3) is 0.444. The van der Waals surface area contributed by atoms with E-state index < -0.39 is 0 Å². The van der Waals surface area contributed by atoms with Crippen LogP contribution in [0, 0.1) is 0 Å². The van der Waals surface area contributed by atoms with E-state index in [0.717, 1.165) is 11.1 Å². The van der Waals surface area contributed by atoms with Crippen molar-refractivity contribution in [1.82, 2.24) is 0 Å². The van der Waals surface area contributed by atoms with Gasteiger partial charge >= 0.3 is 0 Å². The Balaban J connectivity index is 3.08. The van der Waals surface area contributed by atoms with Crippen molar-refractivity contribution in [2.75, 3.05) is 10.6 Å². The minimum Gasteiger partial charge on any atom is -0.325 e. The maximum Gasteiger partial charge on any atom is 0.231 e. The lowest BCUT2D eigenvalue weighted by Gasteiger charge is -2.16. The molecule has 6 heteroatoms. The van der Waals surface area contributed by atoms with Gasteiger partial charge in [0.1, 0.15) is 11.6 Å². The van der Waals surface area contributed by atoms with Gasteiger partial charge in [-0.25, -0.2) is 0 Å². The summed E-state index contributed by atoms with van der Waals surface area (Å²) in [6, 6.07) is 3.61. The summed E-state index contributed by atoms with van der Waals surface area (Å²) < 4.78 is 0. The van der Waals surface area contributed by atoms with Crippen LogP contribution in [0.25, 0.3) is 0 Å². The Bertz CT molecular complexity index is 607. The molecule has 0 aliphatic heterocycles. The molecule has 0 fully saturated rings. The predicted molar refractivity (Wildman–Crippen MR) is 93.1 cm³/mol. The Morgan fingerprint density at radius 3 is 1.33 bits per heavy atom. The number of rotatable bonds is 8. The highest BCUT2D eigenvalue weighted by atomic mass is 16.2. The highest BCUT2D eigenvalue weighted by Crippen LogP contribution is 2.27. The lowest BCUT2D eigenvalue weighted by molar-refractivity contribution is -0.125. The van der Waals surface area contributed by atoms with Crippen molar-refractivity contribution >= 4 is 34.8 Å². The molecule has 0 heterocycles. The first kappa shape index (κ1) is 19.5. The summed E-state index contributed by atoms with van der Waals surface area (Å²) >= 11 is 0. The van der Waals surface area contributed by atoms with Gasteiger partial charge in [-0.15, -0.1) is 0 Å². The molecule has 0 saturated heterocycles. The van der Waals surface area contributed by atoms with Crippen molar-refractivity contribution in [1.29, 1.82) is 0 Å². The zero-order chi connectivity index (χ0) is 18.3. The molecule has 0 radical (unpaired) electrons. The third-order valence-electron chi connectivity index (χ3n) is 3.46. The van der Waals surface area contributed by atoms with Crippen LogP contribution in [-0.2, 0) is 32.0 Å². The molecule has 0 saturated carbocycles. The fourth-order valence-corrected chi connectivity index (χ4v) is 2.35. The second-order valence-corrected chi connectivity index (χ2v) is 5.73. The molecule has 0 aliphatic rings. The largest absolute Gasteiger partial charge is 0.325 e. The highest BCUT2D eigenvalue weighted by molar-refractivity contribution is 6.05. The van der Waals surface area contributed by atoms with E-state index in [1.165, 1.54) is 13.8 Å². The topological polar surface area (TPSA) is 92.3 Å². The zero-order valence-electron chi connectivity index (χ0n) is 14.6. The quantitative estimate of drug-likeness (QED) is 0.716. The van der Waals surface area contributed by atoms with Gasteiger partial charge < -0.3 is 10.6 Å². The third kappa shape index (κ3) is 5.95. The number of hydrogen-bond donors (Lipinski definition) is 2. The smallest absolute Gasteiger partial charge is 0.231 e. The number of anilines is 2. The number of carbonyl (C=O) groups excluding carboxylic acids is 4. The molecule has 2 amide bonds. The summed E-state index contributed by atoms with van der Waals surface area (Å²) in [5.74, 6) is -1.11. The second-order valence-electron chi connectivity index (χ2n) is 5.73. The number of Topliss-reactive ketones (excluding diaryl/α,β-unsaturated/α-hetero) is 2. The van der Waals surface area contributed by atoms with Crippen molar-refractivity contribution in [2.24, 2.45) is 0 Å². The molecule has 6 nitrogen and oxygen atoms in total. The molecular formula is C18H24N2O4. The average molecular weight is 332 g/mol. The van der Waals surface area contributed by atoms with Crippen LogP contribution in [-0.4, -0.2) is 23.4 Å². The Labute approximate surface area is 142 Å². The molecule has 0 atom stereocenters. The van der Waals surface area contributed by atoms with Gasteiger partial charge in [0.05, 0.1) is 12.8 Å². The maximum atomic E-state index is 11.8. The molecular weight excluding hydrogens is 308 g/mol. The van der Waals surface area contributed by atoms with Crippen LogP contribution in [0.4, 0.5) is 11.4 Å². The molecule has 0 unspecified atom stereocenters. The molecule has 130 valence electrons. The number of nitrogens with one attached hydrogen (secondary N) is 2. The summed E-state index contributed by atoms with van der Waals surface area (Å²) in [6.07, 6.45) is 0.966. The first-order chi connectivity index (χ1) is 11.3. The molecule has 0 spiro atoms. The van der Waals surface area contributed by atoms with E-state index in [2.05, 4.69) is 10.6 Å². The Morgan fingerprint density at radius 2 is 1.08 bits per heavy atom. The van der Waals surface area contributed by atoms with Crippen molar-refractivity contribution < 1.29 is 19.2 Å². The number of ketones is 2. The van der Waals surface area contributed by atoms with Crippen LogP contribution in [0.1, 0.15) is 51.7 Å². The predicted octanol–water partition coefficient (Wildman–Crippen LogP) is 2.65. The number of carbonyl (C=O) groups is 4. The van der Waals surface area contributed by atoms with Gasteiger partial charge in [0.2, 0.25) is 11.8 Å². The third-order valence-corrected chi connectivity index (χ3v) is 3.46. The minimum atomic E-state index is -0.354. The van der Waals surface area contributed by atoms with Crippen molar-refractivity contribution in [2.45, 2.75) is 53.4 Å². The highest BCUT2D eigenvalue weighted by Gasteiger charge is 2.14. The van der Waals surface area contributed by atoms with Gasteiger partial charge in [0.15, 0.2) is 0 Å².